The van der Waals surface area contributed by atoms with Crippen molar-refractivity contribution in [3.05, 3.63) is 74.1 Å². The molecule has 0 aliphatic heterocycles. The molecule has 1 heterocycles. The lowest BCUT2D eigenvalue weighted by Gasteiger charge is -2.12. The molecule has 5 nitrogen and oxygen atoms in total. The summed E-state index contributed by atoms with van der Waals surface area (Å²) in [5.41, 5.74) is 3.45. The van der Waals surface area contributed by atoms with Crippen molar-refractivity contribution in [1.29, 1.82) is 0 Å². The number of benzene rings is 3. The number of amides is 1. The second kappa shape index (κ2) is 8.79. The highest BCUT2D eigenvalue weighted by atomic mass is 79.9. The van der Waals surface area contributed by atoms with Crippen molar-refractivity contribution in [2.45, 2.75) is 6.92 Å². The van der Waals surface area contributed by atoms with Crippen LogP contribution in [0.5, 0.6) is 5.75 Å². The van der Waals surface area contributed by atoms with Gasteiger partial charge in [-0.05, 0) is 70.9 Å². The third-order valence-electron chi connectivity index (χ3n) is 4.32. The standard InChI is InChI=1S/C22H15Br2ClN2O3/c1-12-8-13(23)9-16(24)21(12)29-11-20(28)26-14-6-7-19-18(10-14)27-22(30-19)15-4-2-3-5-17(15)25/h2-10H,11H2,1H3,(H,26,28). The molecule has 152 valence electrons. The van der Waals surface area contributed by atoms with E-state index in [9.17, 15) is 4.79 Å². The molecule has 30 heavy (non-hydrogen) atoms. The molecular weight excluding hydrogens is 536 g/mol. The first-order valence-electron chi connectivity index (χ1n) is 8.94. The number of rotatable bonds is 5. The summed E-state index contributed by atoms with van der Waals surface area (Å²) in [6, 6.07) is 16.4. The number of hydrogen-bond acceptors (Lipinski definition) is 4. The second-order valence-electron chi connectivity index (χ2n) is 6.55. The molecule has 4 rings (SSSR count). The largest absolute Gasteiger partial charge is 0.482 e. The lowest BCUT2D eigenvalue weighted by molar-refractivity contribution is -0.118. The van der Waals surface area contributed by atoms with Crippen LogP contribution in [0.3, 0.4) is 0 Å². The number of anilines is 1. The van der Waals surface area contributed by atoms with Gasteiger partial charge >= 0.3 is 0 Å². The van der Waals surface area contributed by atoms with Crippen molar-refractivity contribution in [2.24, 2.45) is 0 Å². The van der Waals surface area contributed by atoms with Crippen molar-refractivity contribution >= 4 is 66.2 Å². The number of nitrogens with one attached hydrogen (secondary N) is 1. The molecule has 0 atom stereocenters. The van der Waals surface area contributed by atoms with Gasteiger partial charge in [-0.2, -0.15) is 0 Å². The second-order valence-corrected chi connectivity index (χ2v) is 8.73. The molecule has 0 fully saturated rings. The Labute approximate surface area is 194 Å². The molecule has 1 aromatic heterocycles. The van der Waals surface area contributed by atoms with Gasteiger partial charge in [-0.25, -0.2) is 4.98 Å². The van der Waals surface area contributed by atoms with Crippen LogP contribution in [0, 0.1) is 6.92 Å². The average Bonchev–Trinajstić information content (AvgIpc) is 3.10. The molecule has 3 aromatic carbocycles. The molecular formula is C22H15Br2ClN2O3. The van der Waals surface area contributed by atoms with E-state index in [0.717, 1.165) is 14.5 Å². The summed E-state index contributed by atoms with van der Waals surface area (Å²) in [5.74, 6) is 0.779. The van der Waals surface area contributed by atoms with Crippen LogP contribution >= 0.6 is 43.5 Å². The molecule has 1 amide bonds. The van der Waals surface area contributed by atoms with Crippen molar-refractivity contribution < 1.29 is 13.9 Å². The molecule has 0 saturated heterocycles. The third-order valence-corrected chi connectivity index (χ3v) is 5.69. The highest BCUT2D eigenvalue weighted by molar-refractivity contribution is 9.11. The molecule has 4 aromatic rings. The lowest BCUT2D eigenvalue weighted by Crippen LogP contribution is -2.20. The lowest BCUT2D eigenvalue weighted by atomic mass is 10.2. The predicted molar refractivity (Wildman–Crippen MR) is 125 cm³/mol. The van der Waals surface area contributed by atoms with Crippen molar-refractivity contribution in [2.75, 3.05) is 11.9 Å². The first-order valence-corrected chi connectivity index (χ1v) is 10.9. The van der Waals surface area contributed by atoms with Gasteiger partial charge in [0.05, 0.1) is 15.1 Å². The molecule has 0 aliphatic carbocycles. The number of ether oxygens (including phenoxy) is 1. The summed E-state index contributed by atoms with van der Waals surface area (Å²) in [6.07, 6.45) is 0. The van der Waals surface area contributed by atoms with Crippen molar-refractivity contribution in [1.82, 2.24) is 4.98 Å². The van der Waals surface area contributed by atoms with E-state index in [2.05, 4.69) is 42.2 Å². The fourth-order valence-corrected chi connectivity index (χ4v) is 4.73. The van der Waals surface area contributed by atoms with Crippen LogP contribution < -0.4 is 10.1 Å². The number of halogens is 3. The summed E-state index contributed by atoms with van der Waals surface area (Å²) < 4.78 is 13.2. The van der Waals surface area contributed by atoms with E-state index in [4.69, 9.17) is 20.8 Å². The fourth-order valence-electron chi connectivity index (χ4n) is 2.96. The Balaban J connectivity index is 1.47. The zero-order chi connectivity index (χ0) is 21.3. The van der Waals surface area contributed by atoms with Gasteiger partial charge in [0.15, 0.2) is 12.2 Å². The first-order chi connectivity index (χ1) is 14.4. The van der Waals surface area contributed by atoms with E-state index in [1.54, 1.807) is 24.3 Å². The van der Waals surface area contributed by atoms with E-state index in [1.807, 2.05) is 37.3 Å². The minimum Gasteiger partial charge on any atom is -0.482 e. The minimum absolute atomic E-state index is 0.122. The van der Waals surface area contributed by atoms with Gasteiger partial charge in [-0.1, -0.05) is 39.7 Å². The Bertz CT molecular complexity index is 1230. The van der Waals surface area contributed by atoms with Gasteiger partial charge in [-0.15, -0.1) is 0 Å². The summed E-state index contributed by atoms with van der Waals surface area (Å²) in [4.78, 5) is 16.9. The SMILES string of the molecule is Cc1cc(Br)cc(Br)c1OCC(=O)Nc1ccc2oc(-c3ccccc3Cl)nc2c1. The highest BCUT2D eigenvalue weighted by Crippen LogP contribution is 2.33. The van der Waals surface area contributed by atoms with Crippen molar-refractivity contribution in [3.8, 4) is 17.2 Å². The molecule has 0 aliphatic rings. The quantitative estimate of drug-likeness (QED) is 0.291. The number of aryl methyl sites for hydroxylation is 1. The Kier molecular flexibility index (Phi) is 6.13. The Morgan fingerprint density at radius 1 is 1.17 bits per heavy atom. The van der Waals surface area contributed by atoms with Gasteiger partial charge < -0.3 is 14.5 Å². The number of aromatic nitrogens is 1. The number of carbonyl (C=O) groups is 1. The smallest absolute Gasteiger partial charge is 0.262 e. The maximum absolute atomic E-state index is 12.4. The van der Waals surface area contributed by atoms with Gasteiger partial charge in [0.1, 0.15) is 11.3 Å². The summed E-state index contributed by atoms with van der Waals surface area (Å²) in [5, 5.41) is 3.38. The number of fused-ring (bicyclic) bond motifs is 1. The van der Waals surface area contributed by atoms with Gasteiger partial charge in [-0.3, -0.25) is 4.79 Å². The number of hydrogen-bond donors (Lipinski definition) is 1. The minimum atomic E-state index is -0.279. The van der Waals surface area contributed by atoms with E-state index < -0.39 is 0 Å². The van der Waals surface area contributed by atoms with Crippen LogP contribution in [0.1, 0.15) is 5.56 Å². The normalized spacial score (nSPS) is 10.9. The van der Waals surface area contributed by atoms with Crippen LogP contribution in [0.25, 0.3) is 22.6 Å². The molecule has 0 unspecified atom stereocenters. The van der Waals surface area contributed by atoms with Gasteiger partial charge in [0, 0.05) is 10.2 Å². The summed E-state index contributed by atoms with van der Waals surface area (Å²) in [6.45, 7) is 1.79. The summed E-state index contributed by atoms with van der Waals surface area (Å²) in [7, 11) is 0. The van der Waals surface area contributed by atoms with E-state index in [-0.39, 0.29) is 12.5 Å². The van der Waals surface area contributed by atoms with Crippen LogP contribution in [0.15, 0.2) is 68.0 Å². The topological polar surface area (TPSA) is 64.4 Å². The molecule has 0 radical (unpaired) electrons. The highest BCUT2D eigenvalue weighted by Gasteiger charge is 2.13. The molecule has 1 N–H and O–H groups in total. The Morgan fingerprint density at radius 2 is 1.97 bits per heavy atom. The van der Waals surface area contributed by atoms with E-state index in [1.165, 1.54) is 0 Å². The van der Waals surface area contributed by atoms with Crippen LogP contribution in [0.4, 0.5) is 5.69 Å². The number of carbonyl (C=O) groups excluding carboxylic acids is 1. The molecule has 0 spiro atoms. The maximum atomic E-state index is 12.4. The zero-order valence-electron chi connectivity index (χ0n) is 15.7. The van der Waals surface area contributed by atoms with E-state index >= 15 is 0 Å². The van der Waals surface area contributed by atoms with Crippen LogP contribution in [-0.2, 0) is 4.79 Å². The fraction of sp³-hybridized carbons (Fsp3) is 0.0909. The zero-order valence-corrected chi connectivity index (χ0v) is 19.6. The Morgan fingerprint density at radius 3 is 2.73 bits per heavy atom. The number of oxazole rings is 1. The third kappa shape index (κ3) is 4.53. The number of nitrogens with zero attached hydrogens (tertiary/aromatic N) is 1. The monoisotopic (exact) mass is 548 g/mol. The van der Waals surface area contributed by atoms with E-state index in [0.29, 0.717) is 39.0 Å². The summed E-state index contributed by atoms with van der Waals surface area (Å²) >= 11 is 13.1. The van der Waals surface area contributed by atoms with Gasteiger partial charge in [0.2, 0.25) is 5.89 Å². The first kappa shape index (κ1) is 20.9. The Hall–Kier alpha value is -2.35. The molecule has 8 heteroatoms. The average molecular weight is 551 g/mol. The molecule has 0 bridgehead atoms. The maximum Gasteiger partial charge on any atom is 0.262 e. The molecule has 0 saturated carbocycles. The van der Waals surface area contributed by atoms with Crippen molar-refractivity contribution in [3.63, 3.8) is 0 Å². The van der Waals surface area contributed by atoms with Gasteiger partial charge in [0.25, 0.3) is 5.91 Å². The predicted octanol–water partition coefficient (Wildman–Crippen LogP) is 7.00. The van der Waals surface area contributed by atoms with Crippen LogP contribution in [0.2, 0.25) is 5.02 Å². The van der Waals surface area contributed by atoms with Crippen LogP contribution in [-0.4, -0.2) is 17.5 Å².